The molecule has 5 nitrogen and oxygen atoms in total. The molecule has 2 amide bonds. The van der Waals surface area contributed by atoms with Crippen LogP contribution in [0.3, 0.4) is 0 Å². The van der Waals surface area contributed by atoms with Crippen LogP contribution in [0.4, 0.5) is 23.7 Å². The van der Waals surface area contributed by atoms with Gasteiger partial charge in [-0.15, -0.1) is 0 Å². The molecule has 132 valence electrons. The second-order valence-electron chi connectivity index (χ2n) is 6.47. The van der Waals surface area contributed by atoms with E-state index in [0.29, 0.717) is 19.0 Å². The highest BCUT2D eigenvalue weighted by Gasteiger charge is 2.32. The maximum Gasteiger partial charge on any atom is 0.433 e. The minimum atomic E-state index is -4.47. The van der Waals surface area contributed by atoms with Gasteiger partial charge in [-0.05, 0) is 50.4 Å². The minimum absolute atomic E-state index is 0.274. The van der Waals surface area contributed by atoms with Gasteiger partial charge in [-0.2, -0.15) is 13.2 Å². The normalized spacial score (nSPS) is 22.1. The molecule has 0 unspecified atom stereocenters. The smallest absolute Gasteiger partial charge is 0.324 e. The fraction of sp³-hybridized carbons (Fsp3) is 0.625. The zero-order chi connectivity index (χ0) is 17.2. The van der Waals surface area contributed by atoms with E-state index in [1.165, 1.54) is 18.9 Å². The molecule has 0 radical (unpaired) electrons. The summed E-state index contributed by atoms with van der Waals surface area (Å²) in [5.41, 5.74) is -0.691. The van der Waals surface area contributed by atoms with E-state index in [4.69, 9.17) is 0 Å². The standard InChI is InChI=1S/C16H21F3N4O/c17-16(18,19)14-4-3-13(9-20-14)21-15(24)23-8-5-12(11-23)10-22-6-1-2-7-22/h3-4,9,12H,1-2,5-8,10-11H2,(H,21,24)/t12-/m0/s1. The monoisotopic (exact) mass is 342 g/mol. The third kappa shape index (κ3) is 4.17. The van der Waals surface area contributed by atoms with Crippen LogP contribution in [0.1, 0.15) is 25.0 Å². The van der Waals surface area contributed by atoms with Crippen molar-refractivity contribution in [1.29, 1.82) is 0 Å². The van der Waals surface area contributed by atoms with Crippen molar-refractivity contribution in [3.63, 3.8) is 0 Å². The van der Waals surface area contributed by atoms with Gasteiger partial charge in [0.2, 0.25) is 0 Å². The molecule has 1 aromatic heterocycles. The van der Waals surface area contributed by atoms with Gasteiger partial charge < -0.3 is 15.1 Å². The lowest BCUT2D eigenvalue weighted by Crippen LogP contribution is -2.34. The van der Waals surface area contributed by atoms with Gasteiger partial charge in [-0.3, -0.25) is 0 Å². The number of anilines is 1. The van der Waals surface area contributed by atoms with E-state index in [0.717, 1.165) is 38.3 Å². The lowest BCUT2D eigenvalue weighted by molar-refractivity contribution is -0.141. The molecular formula is C16H21F3N4O. The Kier molecular flexibility index (Phi) is 4.93. The van der Waals surface area contributed by atoms with Crippen LogP contribution in [0, 0.1) is 5.92 Å². The molecule has 0 spiro atoms. The summed E-state index contributed by atoms with van der Waals surface area (Å²) in [6.07, 6.45) is 0.0314. The number of nitrogens with one attached hydrogen (secondary N) is 1. The second kappa shape index (κ2) is 6.96. The average molecular weight is 342 g/mol. The summed E-state index contributed by atoms with van der Waals surface area (Å²) in [7, 11) is 0. The first-order valence-electron chi connectivity index (χ1n) is 8.23. The summed E-state index contributed by atoms with van der Waals surface area (Å²) >= 11 is 0. The van der Waals surface area contributed by atoms with Crippen molar-refractivity contribution in [3.05, 3.63) is 24.0 Å². The molecule has 8 heteroatoms. The van der Waals surface area contributed by atoms with Gasteiger partial charge in [-0.1, -0.05) is 0 Å². The number of aromatic nitrogens is 1. The summed E-state index contributed by atoms with van der Waals surface area (Å²) in [4.78, 5) is 19.7. The Bertz CT molecular complexity index is 570. The number of urea groups is 1. The van der Waals surface area contributed by atoms with Crippen molar-refractivity contribution in [2.75, 3.05) is 38.0 Å². The maximum atomic E-state index is 12.5. The number of hydrogen-bond donors (Lipinski definition) is 1. The SMILES string of the molecule is O=C(Nc1ccc(C(F)(F)F)nc1)N1CC[C@@H](CN2CCCC2)C1. The summed E-state index contributed by atoms with van der Waals surface area (Å²) in [6.45, 7) is 4.67. The van der Waals surface area contributed by atoms with Gasteiger partial charge >= 0.3 is 12.2 Å². The third-order valence-corrected chi connectivity index (χ3v) is 4.59. The van der Waals surface area contributed by atoms with E-state index in [-0.39, 0.29) is 11.7 Å². The Morgan fingerprint density at radius 1 is 1.25 bits per heavy atom. The molecule has 2 aliphatic heterocycles. The molecule has 0 saturated carbocycles. The number of hydrogen-bond acceptors (Lipinski definition) is 3. The molecule has 1 atom stereocenters. The zero-order valence-electron chi connectivity index (χ0n) is 13.4. The number of amides is 2. The van der Waals surface area contributed by atoms with Crippen LogP contribution >= 0.6 is 0 Å². The Morgan fingerprint density at radius 2 is 2.00 bits per heavy atom. The predicted molar refractivity (Wildman–Crippen MR) is 83.6 cm³/mol. The van der Waals surface area contributed by atoms with Gasteiger partial charge in [0, 0.05) is 19.6 Å². The molecule has 0 bridgehead atoms. The number of nitrogens with zero attached hydrogens (tertiary/aromatic N) is 3. The summed E-state index contributed by atoms with van der Waals surface area (Å²) in [5.74, 6) is 0.472. The molecule has 1 N–H and O–H groups in total. The molecule has 1 aromatic rings. The Hall–Kier alpha value is -1.83. The summed E-state index contributed by atoms with van der Waals surface area (Å²) in [5, 5.41) is 2.62. The highest BCUT2D eigenvalue weighted by atomic mass is 19.4. The second-order valence-corrected chi connectivity index (χ2v) is 6.47. The quantitative estimate of drug-likeness (QED) is 0.918. The lowest BCUT2D eigenvalue weighted by atomic mass is 10.1. The number of pyridine rings is 1. The largest absolute Gasteiger partial charge is 0.433 e. The molecule has 3 rings (SSSR count). The van der Waals surface area contributed by atoms with Crippen LogP contribution in [0.25, 0.3) is 0 Å². The molecule has 2 saturated heterocycles. The number of alkyl halides is 3. The van der Waals surface area contributed by atoms with E-state index in [9.17, 15) is 18.0 Å². The van der Waals surface area contributed by atoms with Crippen LogP contribution in [-0.2, 0) is 6.18 Å². The van der Waals surface area contributed by atoms with Gasteiger partial charge in [0.25, 0.3) is 0 Å². The molecule has 2 fully saturated rings. The number of rotatable bonds is 3. The summed E-state index contributed by atoms with van der Waals surface area (Å²) in [6, 6.07) is 1.82. The molecule has 0 aliphatic carbocycles. The van der Waals surface area contributed by atoms with Crippen molar-refractivity contribution in [2.24, 2.45) is 5.92 Å². The molecule has 3 heterocycles. The van der Waals surface area contributed by atoms with Crippen molar-refractivity contribution in [1.82, 2.24) is 14.8 Å². The highest BCUT2D eigenvalue weighted by molar-refractivity contribution is 5.89. The molecular weight excluding hydrogens is 321 g/mol. The Morgan fingerprint density at radius 3 is 2.62 bits per heavy atom. The third-order valence-electron chi connectivity index (χ3n) is 4.59. The Balaban J connectivity index is 1.50. The summed E-state index contributed by atoms with van der Waals surface area (Å²) < 4.78 is 37.4. The minimum Gasteiger partial charge on any atom is -0.324 e. The number of likely N-dealkylation sites (tertiary alicyclic amines) is 2. The van der Waals surface area contributed by atoms with Crippen molar-refractivity contribution < 1.29 is 18.0 Å². The number of halogens is 3. The number of carbonyl (C=O) groups excluding carboxylic acids is 1. The van der Waals surface area contributed by atoms with Crippen molar-refractivity contribution in [2.45, 2.75) is 25.4 Å². The van der Waals surface area contributed by atoms with Crippen LogP contribution in [-0.4, -0.2) is 53.5 Å². The lowest BCUT2D eigenvalue weighted by Gasteiger charge is -2.21. The van der Waals surface area contributed by atoms with Crippen LogP contribution in [0.15, 0.2) is 18.3 Å². The maximum absolute atomic E-state index is 12.5. The fourth-order valence-corrected chi connectivity index (χ4v) is 3.33. The molecule has 0 aromatic carbocycles. The van der Waals surface area contributed by atoms with E-state index < -0.39 is 11.9 Å². The highest BCUT2D eigenvalue weighted by Crippen LogP contribution is 2.28. The van der Waals surface area contributed by atoms with Crippen LogP contribution in [0.5, 0.6) is 0 Å². The molecule has 2 aliphatic rings. The number of carbonyl (C=O) groups is 1. The van der Waals surface area contributed by atoms with E-state index >= 15 is 0 Å². The first-order chi connectivity index (χ1) is 11.4. The van der Waals surface area contributed by atoms with E-state index in [1.54, 1.807) is 4.90 Å². The van der Waals surface area contributed by atoms with Gasteiger partial charge in [0.15, 0.2) is 0 Å². The zero-order valence-corrected chi connectivity index (χ0v) is 13.4. The van der Waals surface area contributed by atoms with Gasteiger partial charge in [-0.25, -0.2) is 9.78 Å². The van der Waals surface area contributed by atoms with Crippen molar-refractivity contribution in [3.8, 4) is 0 Å². The average Bonchev–Trinajstić information content (AvgIpc) is 3.19. The van der Waals surface area contributed by atoms with Crippen molar-refractivity contribution >= 4 is 11.7 Å². The van der Waals surface area contributed by atoms with E-state index in [1.807, 2.05) is 0 Å². The Labute approximate surface area is 138 Å². The van der Waals surface area contributed by atoms with Crippen LogP contribution in [0.2, 0.25) is 0 Å². The molecule has 24 heavy (non-hydrogen) atoms. The van der Waals surface area contributed by atoms with Gasteiger partial charge in [0.1, 0.15) is 5.69 Å². The van der Waals surface area contributed by atoms with Crippen LogP contribution < -0.4 is 5.32 Å². The first kappa shape index (κ1) is 17.0. The van der Waals surface area contributed by atoms with E-state index in [2.05, 4.69) is 15.2 Å². The first-order valence-corrected chi connectivity index (χ1v) is 8.23. The fourth-order valence-electron chi connectivity index (χ4n) is 3.33. The predicted octanol–water partition coefficient (Wildman–Crippen LogP) is 3.05. The van der Waals surface area contributed by atoms with Gasteiger partial charge in [0.05, 0.1) is 11.9 Å². The topological polar surface area (TPSA) is 48.5 Å².